The van der Waals surface area contributed by atoms with E-state index >= 15 is 0 Å². The largest absolute Gasteiger partial charge is 0.350 e. The topological polar surface area (TPSA) is 86.8 Å². The molecule has 2 rings (SSSR count). The van der Waals surface area contributed by atoms with Crippen molar-refractivity contribution in [2.75, 3.05) is 17.1 Å². The van der Waals surface area contributed by atoms with Gasteiger partial charge in [0.1, 0.15) is 12.6 Å². The number of nitrogens with one attached hydrogen (secondary N) is 1. The lowest BCUT2D eigenvalue weighted by atomic mass is 10.1. The Kier molecular flexibility index (Phi) is 10.2. The molecule has 0 aromatic heterocycles. The summed E-state index contributed by atoms with van der Waals surface area (Å²) in [6.45, 7) is 8.90. The van der Waals surface area contributed by atoms with Crippen LogP contribution in [0.4, 0.5) is 5.69 Å². The van der Waals surface area contributed by atoms with Gasteiger partial charge in [0.15, 0.2) is 0 Å². The predicted molar refractivity (Wildman–Crippen MR) is 147 cm³/mol. The maximum atomic E-state index is 13.8. The molecule has 2 amide bonds. The maximum Gasteiger partial charge on any atom is 0.244 e. The van der Waals surface area contributed by atoms with Crippen molar-refractivity contribution in [3.05, 3.63) is 63.6 Å². The van der Waals surface area contributed by atoms with Gasteiger partial charge in [0.2, 0.25) is 21.8 Å². The van der Waals surface area contributed by atoms with Crippen LogP contribution in [0.3, 0.4) is 0 Å². The number of carbonyl (C=O) groups excluding carboxylic acids is 2. The average Bonchev–Trinajstić information content (AvgIpc) is 2.77. The number of halogens is 2. The maximum absolute atomic E-state index is 13.8. The van der Waals surface area contributed by atoms with Crippen molar-refractivity contribution in [3.8, 4) is 0 Å². The van der Waals surface area contributed by atoms with Crippen molar-refractivity contribution in [1.82, 2.24) is 10.2 Å². The molecule has 0 spiro atoms. The summed E-state index contributed by atoms with van der Waals surface area (Å²) < 4.78 is 26.7. The summed E-state index contributed by atoms with van der Waals surface area (Å²) in [5.74, 6) is -0.827. The predicted octanol–water partition coefficient (Wildman–Crippen LogP) is 5.04. The number of amides is 2. The molecule has 1 N–H and O–H groups in total. The average molecular weight is 557 g/mol. The Balaban J connectivity index is 2.52. The monoisotopic (exact) mass is 555 g/mol. The van der Waals surface area contributed by atoms with Gasteiger partial charge in [0.25, 0.3) is 0 Å². The smallest absolute Gasteiger partial charge is 0.244 e. The van der Waals surface area contributed by atoms with E-state index in [9.17, 15) is 18.0 Å². The van der Waals surface area contributed by atoms with Crippen LogP contribution in [0.25, 0.3) is 0 Å². The van der Waals surface area contributed by atoms with Gasteiger partial charge in [-0.05, 0) is 62.9 Å². The zero-order valence-electron chi connectivity index (χ0n) is 21.6. The van der Waals surface area contributed by atoms with E-state index in [-0.39, 0.29) is 12.5 Å². The molecule has 10 heteroatoms. The lowest BCUT2D eigenvalue weighted by Gasteiger charge is -2.34. The van der Waals surface area contributed by atoms with Crippen LogP contribution in [0.5, 0.6) is 0 Å². The third-order valence-corrected chi connectivity index (χ3v) is 7.41. The van der Waals surface area contributed by atoms with Gasteiger partial charge in [-0.3, -0.25) is 13.9 Å². The van der Waals surface area contributed by atoms with E-state index in [1.165, 1.54) is 4.90 Å². The summed E-state index contributed by atoms with van der Waals surface area (Å²) in [5.41, 5.74) is 1.39. The van der Waals surface area contributed by atoms with Crippen molar-refractivity contribution < 1.29 is 18.0 Å². The van der Waals surface area contributed by atoms with Crippen LogP contribution < -0.4 is 9.62 Å². The summed E-state index contributed by atoms with van der Waals surface area (Å²) in [6, 6.07) is 11.2. The molecule has 0 aliphatic heterocycles. The highest BCUT2D eigenvalue weighted by Gasteiger charge is 2.33. The van der Waals surface area contributed by atoms with E-state index in [0.717, 1.165) is 16.1 Å². The van der Waals surface area contributed by atoms with Gasteiger partial charge in [-0.2, -0.15) is 0 Å². The molecule has 7 nitrogen and oxygen atoms in total. The quantitative estimate of drug-likeness (QED) is 0.444. The van der Waals surface area contributed by atoms with E-state index in [1.807, 2.05) is 46.8 Å². The zero-order chi connectivity index (χ0) is 27.3. The molecule has 0 bridgehead atoms. The number of rotatable bonds is 10. The van der Waals surface area contributed by atoms with E-state index in [4.69, 9.17) is 23.2 Å². The highest BCUT2D eigenvalue weighted by Crippen LogP contribution is 2.26. The van der Waals surface area contributed by atoms with Gasteiger partial charge < -0.3 is 10.2 Å². The summed E-state index contributed by atoms with van der Waals surface area (Å²) in [7, 11) is -3.80. The standard InChI is InChI=1S/C26H35Cl2N3O4S/c1-7-19-11-9-10-12-23(19)31(36(6,34)35)17-24(32)30(16-18-13-14-20(27)21(28)15-18)22(8-2)25(33)29-26(3,4)5/h9-15,22H,7-8,16-17H2,1-6H3,(H,29,33). The van der Waals surface area contributed by atoms with Crippen LogP contribution >= 0.6 is 23.2 Å². The van der Waals surface area contributed by atoms with Gasteiger partial charge in [-0.15, -0.1) is 0 Å². The van der Waals surface area contributed by atoms with E-state index in [2.05, 4.69) is 5.32 Å². The minimum atomic E-state index is -3.80. The first-order valence-electron chi connectivity index (χ1n) is 11.8. The number of hydrogen-bond donors (Lipinski definition) is 1. The number of sulfonamides is 1. The zero-order valence-corrected chi connectivity index (χ0v) is 24.0. The highest BCUT2D eigenvalue weighted by molar-refractivity contribution is 7.92. The molecule has 198 valence electrons. The third-order valence-electron chi connectivity index (χ3n) is 5.54. The number of hydrogen-bond acceptors (Lipinski definition) is 4. The van der Waals surface area contributed by atoms with Gasteiger partial charge in [0, 0.05) is 12.1 Å². The fraction of sp³-hybridized carbons (Fsp3) is 0.462. The molecular weight excluding hydrogens is 521 g/mol. The molecule has 0 heterocycles. The molecule has 2 aromatic rings. The van der Waals surface area contributed by atoms with Gasteiger partial charge >= 0.3 is 0 Å². The minimum absolute atomic E-state index is 0.0544. The number of benzene rings is 2. The van der Waals surface area contributed by atoms with Crippen LogP contribution in [0.1, 0.15) is 52.2 Å². The van der Waals surface area contributed by atoms with Crippen LogP contribution in [0.15, 0.2) is 42.5 Å². The summed E-state index contributed by atoms with van der Waals surface area (Å²) in [5, 5.41) is 3.63. The Labute approximate surface area is 224 Å². The Morgan fingerprint density at radius 1 is 1.03 bits per heavy atom. The van der Waals surface area contributed by atoms with E-state index in [1.54, 1.807) is 30.3 Å². The molecule has 0 saturated carbocycles. The fourth-order valence-corrected chi connectivity index (χ4v) is 5.06. The molecule has 0 fully saturated rings. The molecule has 36 heavy (non-hydrogen) atoms. The van der Waals surface area contributed by atoms with Gasteiger partial charge in [-0.1, -0.05) is 61.3 Å². The SMILES string of the molecule is CCc1ccccc1N(CC(=O)N(Cc1ccc(Cl)c(Cl)c1)C(CC)C(=O)NC(C)(C)C)S(C)(=O)=O. The van der Waals surface area contributed by atoms with Crippen LogP contribution in [-0.4, -0.2) is 49.5 Å². The first-order chi connectivity index (χ1) is 16.7. The second-order valence-corrected chi connectivity index (χ2v) is 12.4. The Hall–Kier alpha value is -2.29. The lowest BCUT2D eigenvalue weighted by molar-refractivity contribution is -0.141. The first kappa shape index (κ1) is 29.9. The second-order valence-electron chi connectivity index (χ2n) is 9.69. The van der Waals surface area contributed by atoms with E-state index in [0.29, 0.717) is 34.1 Å². The fourth-order valence-electron chi connectivity index (χ4n) is 3.85. The molecule has 0 aliphatic carbocycles. The lowest BCUT2D eigenvalue weighted by Crippen LogP contribution is -2.55. The first-order valence-corrected chi connectivity index (χ1v) is 14.4. The van der Waals surface area contributed by atoms with Crippen molar-refractivity contribution >= 4 is 50.7 Å². The molecule has 0 aliphatic rings. The Morgan fingerprint density at radius 2 is 1.67 bits per heavy atom. The molecule has 1 unspecified atom stereocenters. The molecule has 2 aromatic carbocycles. The number of nitrogens with zero attached hydrogens (tertiary/aromatic N) is 2. The minimum Gasteiger partial charge on any atom is -0.350 e. The Bertz CT molecular complexity index is 1200. The third kappa shape index (κ3) is 8.11. The molecule has 1 atom stereocenters. The van der Waals surface area contributed by atoms with Crippen molar-refractivity contribution in [2.45, 2.75) is 65.6 Å². The van der Waals surface area contributed by atoms with Crippen LogP contribution in [0.2, 0.25) is 10.0 Å². The number of aryl methyl sites for hydroxylation is 1. The van der Waals surface area contributed by atoms with Crippen molar-refractivity contribution in [2.24, 2.45) is 0 Å². The summed E-state index contributed by atoms with van der Waals surface area (Å²) >= 11 is 12.3. The van der Waals surface area contributed by atoms with Crippen molar-refractivity contribution in [1.29, 1.82) is 0 Å². The van der Waals surface area contributed by atoms with Crippen LogP contribution in [0, 0.1) is 0 Å². The highest BCUT2D eigenvalue weighted by atomic mass is 35.5. The molecular formula is C26H35Cl2N3O4S. The number of para-hydroxylation sites is 1. The summed E-state index contributed by atoms with van der Waals surface area (Å²) in [6.07, 6.45) is 1.99. The molecule has 0 saturated heterocycles. The van der Waals surface area contributed by atoms with Gasteiger partial charge in [0.05, 0.1) is 22.0 Å². The summed E-state index contributed by atoms with van der Waals surface area (Å²) in [4.78, 5) is 28.4. The second kappa shape index (κ2) is 12.3. The molecule has 0 radical (unpaired) electrons. The van der Waals surface area contributed by atoms with E-state index < -0.39 is 34.1 Å². The number of carbonyl (C=O) groups is 2. The van der Waals surface area contributed by atoms with Gasteiger partial charge in [-0.25, -0.2) is 8.42 Å². The number of anilines is 1. The normalized spacial score (nSPS) is 12.7. The van der Waals surface area contributed by atoms with Crippen LogP contribution in [-0.2, 0) is 32.6 Å². The Morgan fingerprint density at radius 3 is 2.19 bits per heavy atom. The van der Waals surface area contributed by atoms with Crippen molar-refractivity contribution in [3.63, 3.8) is 0 Å².